The number of amides is 1. The van der Waals surface area contributed by atoms with Crippen molar-refractivity contribution in [3.8, 4) is 0 Å². The summed E-state index contributed by atoms with van der Waals surface area (Å²) < 4.78 is 1.52. The fourth-order valence-electron chi connectivity index (χ4n) is 1.40. The number of benzene rings is 1. The quantitative estimate of drug-likeness (QED) is 0.629. The van der Waals surface area contributed by atoms with E-state index in [0.29, 0.717) is 5.56 Å². The van der Waals surface area contributed by atoms with Gasteiger partial charge in [0.15, 0.2) is 12.4 Å². The van der Waals surface area contributed by atoms with Gasteiger partial charge in [0.1, 0.15) is 0 Å². The molecule has 2 aromatic rings. The SMILES string of the molecule is O=C(N[n+]1ccccc1)c1ccc([N+](=O)O)cc1. The minimum Gasteiger partial charge on any atom is -0.264 e. The summed E-state index contributed by atoms with van der Waals surface area (Å²) in [4.78, 5) is 22.1. The van der Waals surface area contributed by atoms with Crippen LogP contribution in [0, 0.1) is 4.91 Å². The van der Waals surface area contributed by atoms with Crippen LogP contribution in [0.25, 0.3) is 0 Å². The largest absolute Gasteiger partial charge is 0.316 e. The Bertz CT molecular complexity index is 567. The fourth-order valence-corrected chi connectivity index (χ4v) is 1.40. The summed E-state index contributed by atoms with van der Waals surface area (Å²) in [5.74, 6) is -0.312. The molecular formula is C12H11N3O3+2. The molecule has 6 nitrogen and oxygen atoms in total. The van der Waals surface area contributed by atoms with Crippen LogP contribution < -0.4 is 10.1 Å². The number of aromatic nitrogens is 1. The zero-order chi connectivity index (χ0) is 13.0. The number of hydrogen-bond donors (Lipinski definition) is 2. The van der Waals surface area contributed by atoms with Gasteiger partial charge in [-0.05, 0) is 12.1 Å². The minimum absolute atomic E-state index is 0.0684. The molecule has 1 amide bonds. The van der Waals surface area contributed by atoms with E-state index in [0.717, 1.165) is 0 Å². The lowest BCUT2D eigenvalue weighted by Crippen LogP contribution is -2.47. The van der Waals surface area contributed by atoms with Crippen LogP contribution in [0.4, 0.5) is 5.69 Å². The molecule has 18 heavy (non-hydrogen) atoms. The first kappa shape index (κ1) is 11.7. The van der Waals surface area contributed by atoms with Crippen molar-refractivity contribution in [2.24, 2.45) is 0 Å². The molecule has 0 saturated carbocycles. The zero-order valence-corrected chi connectivity index (χ0v) is 9.35. The third kappa shape index (κ3) is 2.67. The molecule has 0 atom stereocenters. The van der Waals surface area contributed by atoms with Gasteiger partial charge in [-0.1, -0.05) is 10.7 Å². The van der Waals surface area contributed by atoms with Gasteiger partial charge in [-0.25, -0.2) is 5.21 Å². The number of carbonyl (C=O) groups is 1. The summed E-state index contributed by atoms with van der Waals surface area (Å²) in [7, 11) is 0. The van der Waals surface area contributed by atoms with Crippen LogP contribution in [0.2, 0.25) is 0 Å². The number of pyridine rings is 1. The van der Waals surface area contributed by atoms with Gasteiger partial charge >= 0.3 is 11.6 Å². The lowest BCUT2D eigenvalue weighted by molar-refractivity contribution is -0.729. The molecule has 0 aliphatic heterocycles. The topological polar surface area (TPSA) is 73.3 Å². The second-order valence-corrected chi connectivity index (χ2v) is 3.54. The highest BCUT2D eigenvalue weighted by molar-refractivity contribution is 5.98. The Balaban J connectivity index is 2.12. The van der Waals surface area contributed by atoms with E-state index in [2.05, 4.69) is 5.43 Å². The number of carbonyl (C=O) groups excluding carboxylic acids is 1. The highest BCUT2D eigenvalue weighted by Crippen LogP contribution is 2.10. The van der Waals surface area contributed by atoms with Crippen LogP contribution in [-0.4, -0.2) is 16.0 Å². The van der Waals surface area contributed by atoms with Gasteiger partial charge in [0, 0.05) is 29.8 Å². The number of rotatable bonds is 3. The van der Waals surface area contributed by atoms with Crippen molar-refractivity contribution in [1.29, 1.82) is 0 Å². The highest BCUT2D eigenvalue weighted by Gasteiger charge is 2.14. The van der Waals surface area contributed by atoms with Crippen LogP contribution in [0.3, 0.4) is 0 Å². The van der Waals surface area contributed by atoms with Gasteiger partial charge in [0.2, 0.25) is 0 Å². The maximum Gasteiger partial charge on any atom is 0.316 e. The first-order valence-electron chi connectivity index (χ1n) is 5.21. The predicted octanol–water partition coefficient (Wildman–Crippen LogP) is 1.16. The molecule has 0 radical (unpaired) electrons. The Morgan fingerprint density at radius 3 is 2.28 bits per heavy atom. The maximum atomic E-state index is 11.8. The van der Waals surface area contributed by atoms with Crippen molar-refractivity contribution in [2.45, 2.75) is 0 Å². The molecule has 1 heterocycles. The van der Waals surface area contributed by atoms with E-state index in [4.69, 9.17) is 5.21 Å². The normalized spacial score (nSPS) is 9.78. The summed E-state index contributed by atoms with van der Waals surface area (Å²) in [6.07, 6.45) is 3.39. The van der Waals surface area contributed by atoms with E-state index < -0.39 is 0 Å². The number of nitrogens with zero attached hydrogens (tertiary/aromatic N) is 2. The van der Waals surface area contributed by atoms with Crippen molar-refractivity contribution in [1.82, 2.24) is 0 Å². The van der Waals surface area contributed by atoms with Crippen molar-refractivity contribution < 1.29 is 19.6 Å². The van der Waals surface area contributed by atoms with Gasteiger partial charge < -0.3 is 0 Å². The van der Waals surface area contributed by atoms with Crippen LogP contribution in [-0.2, 0) is 0 Å². The summed E-state index contributed by atoms with van der Waals surface area (Å²) in [5, 5.41) is 8.66. The van der Waals surface area contributed by atoms with Crippen LogP contribution >= 0.6 is 0 Å². The van der Waals surface area contributed by atoms with E-state index >= 15 is 0 Å². The second-order valence-electron chi connectivity index (χ2n) is 3.54. The van der Waals surface area contributed by atoms with E-state index in [1.807, 2.05) is 6.07 Å². The lowest BCUT2D eigenvalue weighted by atomic mass is 10.2. The Kier molecular flexibility index (Phi) is 3.29. The van der Waals surface area contributed by atoms with Crippen LogP contribution in [0.5, 0.6) is 0 Å². The van der Waals surface area contributed by atoms with E-state index in [9.17, 15) is 9.70 Å². The van der Waals surface area contributed by atoms with E-state index in [1.165, 1.54) is 28.9 Å². The summed E-state index contributed by atoms with van der Waals surface area (Å²) in [6, 6.07) is 11.0. The van der Waals surface area contributed by atoms with Crippen molar-refractivity contribution in [3.05, 3.63) is 65.3 Å². The summed E-state index contributed by atoms with van der Waals surface area (Å²) in [6.45, 7) is 0. The third-order valence-electron chi connectivity index (χ3n) is 2.30. The molecule has 90 valence electrons. The molecule has 0 aliphatic carbocycles. The highest BCUT2D eigenvalue weighted by atomic mass is 16.6. The van der Waals surface area contributed by atoms with Gasteiger partial charge in [0.05, 0.1) is 4.91 Å². The molecule has 1 aromatic heterocycles. The predicted molar refractivity (Wildman–Crippen MR) is 61.8 cm³/mol. The van der Waals surface area contributed by atoms with Crippen molar-refractivity contribution in [2.75, 3.05) is 5.43 Å². The number of hydrogen-bond acceptors (Lipinski definition) is 2. The molecule has 0 spiro atoms. The van der Waals surface area contributed by atoms with E-state index in [-0.39, 0.29) is 16.5 Å². The Morgan fingerprint density at radius 1 is 1.11 bits per heavy atom. The molecule has 2 N–H and O–H groups in total. The Morgan fingerprint density at radius 2 is 1.72 bits per heavy atom. The van der Waals surface area contributed by atoms with Crippen LogP contribution in [0.1, 0.15) is 10.4 Å². The van der Waals surface area contributed by atoms with Crippen LogP contribution in [0.15, 0.2) is 54.9 Å². The summed E-state index contributed by atoms with van der Waals surface area (Å²) >= 11 is 0. The maximum absolute atomic E-state index is 11.8. The zero-order valence-electron chi connectivity index (χ0n) is 9.35. The molecule has 0 fully saturated rings. The monoisotopic (exact) mass is 245 g/mol. The van der Waals surface area contributed by atoms with Crippen molar-refractivity contribution in [3.63, 3.8) is 0 Å². The van der Waals surface area contributed by atoms with Gasteiger partial charge in [0.25, 0.3) is 4.92 Å². The lowest BCUT2D eigenvalue weighted by Gasteiger charge is -1.98. The Hall–Kier alpha value is -2.76. The fraction of sp³-hybridized carbons (Fsp3) is 0. The molecular weight excluding hydrogens is 234 g/mol. The Labute approximate surface area is 103 Å². The van der Waals surface area contributed by atoms with Gasteiger partial charge in [-0.2, -0.15) is 0 Å². The molecule has 2 rings (SSSR count). The average Bonchev–Trinajstić information content (AvgIpc) is 2.40. The van der Waals surface area contributed by atoms with E-state index in [1.54, 1.807) is 24.5 Å². The standard InChI is InChI=1S/C12H10N3O3/c16-12(13-14-8-2-1-3-9-14)10-4-6-11(7-5-10)15(17)18/h1-9H,(H-,13,16,17,18)/q+1/p+1. The summed E-state index contributed by atoms with van der Waals surface area (Å²) in [5.41, 5.74) is 3.08. The third-order valence-corrected chi connectivity index (χ3v) is 2.30. The van der Waals surface area contributed by atoms with Gasteiger partial charge in [-0.3, -0.25) is 4.79 Å². The number of nitrogens with one attached hydrogen (secondary N) is 1. The minimum atomic E-state index is -0.312. The molecule has 0 saturated heterocycles. The molecule has 0 aliphatic rings. The van der Waals surface area contributed by atoms with Gasteiger partial charge in [-0.15, -0.1) is 5.43 Å². The first-order chi connectivity index (χ1) is 8.66. The first-order valence-corrected chi connectivity index (χ1v) is 5.21. The molecule has 0 unspecified atom stereocenters. The smallest absolute Gasteiger partial charge is 0.264 e. The molecule has 0 bridgehead atoms. The van der Waals surface area contributed by atoms with Crippen molar-refractivity contribution >= 4 is 11.6 Å². The second kappa shape index (κ2) is 5.05. The molecule has 1 aromatic carbocycles. The average molecular weight is 245 g/mol. The molecule has 6 heteroatoms.